The predicted molar refractivity (Wildman–Crippen MR) is 54.8 cm³/mol. The molecule has 0 saturated heterocycles. The number of pyridine rings is 1. The lowest BCUT2D eigenvalue weighted by Crippen LogP contribution is -2.26. The quantitative estimate of drug-likeness (QED) is 0.734. The van der Waals surface area contributed by atoms with Gasteiger partial charge in [-0.05, 0) is 30.4 Å². The molecule has 1 aliphatic carbocycles. The molecule has 1 heterocycles. The number of hydrogen-bond acceptors (Lipinski definition) is 3. The van der Waals surface area contributed by atoms with Crippen LogP contribution >= 0.6 is 0 Å². The van der Waals surface area contributed by atoms with Crippen LogP contribution in [0.25, 0.3) is 0 Å². The third kappa shape index (κ3) is 2.30. The molecule has 1 aromatic heterocycles. The highest BCUT2D eigenvalue weighted by molar-refractivity contribution is 5.16. The Morgan fingerprint density at radius 2 is 2.43 bits per heavy atom. The molecule has 0 aromatic carbocycles. The Balaban J connectivity index is 2.02. The monoisotopic (exact) mass is 192 g/mol. The maximum Gasteiger partial charge on any atom is 0.0556 e. The first-order valence-electron chi connectivity index (χ1n) is 5.16. The number of aromatic nitrogens is 1. The lowest BCUT2D eigenvalue weighted by Gasteiger charge is -2.17. The van der Waals surface area contributed by atoms with E-state index in [-0.39, 0.29) is 6.61 Å². The van der Waals surface area contributed by atoms with Gasteiger partial charge in [0.15, 0.2) is 0 Å². The van der Waals surface area contributed by atoms with Crippen molar-refractivity contribution in [1.82, 2.24) is 10.3 Å². The zero-order valence-corrected chi connectivity index (χ0v) is 8.19. The van der Waals surface area contributed by atoms with E-state index in [2.05, 4.69) is 16.4 Å². The van der Waals surface area contributed by atoms with E-state index < -0.39 is 0 Å². The lowest BCUT2D eigenvalue weighted by molar-refractivity contribution is 0.280. The van der Waals surface area contributed by atoms with Crippen molar-refractivity contribution >= 4 is 0 Å². The normalized spacial score (nSPS) is 18.1. The fraction of sp³-hybridized carbons (Fsp3) is 0.545. The van der Waals surface area contributed by atoms with Crippen molar-refractivity contribution in [3.8, 4) is 0 Å². The minimum atomic E-state index is 0.198. The molecule has 1 aliphatic rings. The van der Waals surface area contributed by atoms with Crippen LogP contribution in [0.4, 0.5) is 0 Å². The van der Waals surface area contributed by atoms with Crippen molar-refractivity contribution < 1.29 is 5.11 Å². The zero-order chi connectivity index (χ0) is 9.80. The number of nitrogens with zero attached hydrogens (tertiary/aromatic N) is 1. The summed E-state index contributed by atoms with van der Waals surface area (Å²) in [7, 11) is 0. The Labute approximate surface area is 84.2 Å². The summed E-state index contributed by atoms with van der Waals surface area (Å²) in [6.45, 7) is 0.861. The maximum atomic E-state index is 8.79. The molecular formula is C11H16N2O. The Morgan fingerprint density at radius 1 is 1.57 bits per heavy atom. The van der Waals surface area contributed by atoms with Gasteiger partial charge in [-0.2, -0.15) is 0 Å². The molecule has 1 aromatic rings. The van der Waals surface area contributed by atoms with Crippen molar-refractivity contribution in [1.29, 1.82) is 0 Å². The van der Waals surface area contributed by atoms with Crippen LogP contribution in [0.1, 0.15) is 24.4 Å². The van der Waals surface area contributed by atoms with E-state index >= 15 is 0 Å². The number of rotatable bonds is 5. The summed E-state index contributed by atoms with van der Waals surface area (Å²) >= 11 is 0. The summed E-state index contributed by atoms with van der Waals surface area (Å²) in [5.74, 6) is 0.741. The van der Waals surface area contributed by atoms with E-state index in [4.69, 9.17) is 5.11 Å². The van der Waals surface area contributed by atoms with Crippen molar-refractivity contribution in [3.63, 3.8) is 0 Å². The third-order valence-corrected chi connectivity index (χ3v) is 2.61. The highest BCUT2D eigenvalue weighted by Crippen LogP contribution is 2.40. The SMILES string of the molecule is OCCNC(c1cccnc1)C1CC1. The molecule has 0 bridgehead atoms. The summed E-state index contributed by atoms with van der Waals surface area (Å²) in [5.41, 5.74) is 1.24. The van der Waals surface area contributed by atoms with E-state index in [1.807, 2.05) is 12.3 Å². The number of hydrogen-bond donors (Lipinski definition) is 2. The van der Waals surface area contributed by atoms with Gasteiger partial charge in [-0.1, -0.05) is 6.07 Å². The minimum absolute atomic E-state index is 0.198. The van der Waals surface area contributed by atoms with E-state index in [9.17, 15) is 0 Å². The maximum absolute atomic E-state index is 8.79. The van der Waals surface area contributed by atoms with E-state index in [1.165, 1.54) is 18.4 Å². The van der Waals surface area contributed by atoms with Crippen molar-refractivity contribution in [2.24, 2.45) is 5.92 Å². The Bertz CT molecular complexity index is 272. The summed E-state index contributed by atoms with van der Waals surface area (Å²) < 4.78 is 0. The smallest absolute Gasteiger partial charge is 0.0556 e. The van der Waals surface area contributed by atoms with Gasteiger partial charge in [0.05, 0.1) is 6.61 Å². The van der Waals surface area contributed by atoms with Gasteiger partial charge in [-0.25, -0.2) is 0 Å². The van der Waals surface area contributed by atoms with E-state index in [0.29, 0.717) is 12.6 Å². The first-order chi connectivity index (χ1) is 6.92. The van der Waals surface area contributed by atoms with Crippen LogP contribution in [0.2, 0.25) is 0 Å². The predicted octanol–water partition coefficient (Wildman–Crippen LogP) is 1.11. The molecule has 0 amide bonds. The fourth-order valence-corrected chi connectivity index (χ4v) is 1.77. The van der Waals surface area contributed by atoms with Gasteiger partial charge in [-0.3, -0.25) is 4.98 Å². The second-order valence-electron chi connectivity index (χ2n) is 3.78. The standard InChI is InChI=1S/C11H16N2O/c14-7-6-13-11(9-3-4-9)10-2-1-5-12-8-10/h1-2,5,8-9,11,13-14H,3-4,6-7H2. The van der Waals surface area contributed by atoms with Crippen LogP contribution in [0.15, 0.2) is 24.5 Å². The van der Waals surface area contributed by atoms with E-state index in [1.54, 1.807) is 6.20 Å². The van der Waals surface area contributed by atoms with Crippen LogP contribution in [0.5, 0.6) is 0 Å². The topological polar surface area (TPSA) is 45.1 Å². The average molecular weight is 192 g/mol. The molecular weight excluding hydrogens is 176 g/mol. The fourth-order valence-electron chi connectivity index (χ4n) is 1.77. The number of nitrogens with one attached hydrogen (secondary N) is 1. The van der Waals surface area contributed by atoms with Crippen molar-refractivity contribution in [3.05, 3.63) is 30.1 Å². The third-order valence-electron chi connectivity index (χ3n) is 2.61. The number of aliphatic hydroxyl groups excluding tert-OH is 1. The number of aliphatic hydroxyl groups is 1. The summed E-state index contributed by atoms with van der Waals surface area (Å²) in [6, 6.07) is 4.45. The first-order valence-corrected chi connectivity index (χ1v) is 5.16. The molecule has 0 aliphatic heterocycles. The largest absolute Gasteiger partial charge is 0.395 e. The molecule has 0 radical (unpaired) electrons. The highest BCUT2D eigenvalue weighted by atomic mass is 16.3. The van der Waals surface area contributed by atoms with Crippen LogP contribution in [-0.2, 0) is 0 Å². The summed E-state index contributed by atoms with van der Waals surface area (Å²) in [4.78, 5) is 4.12. The van der Waals surface area contributed by atoms with Gasteiger partial charge in [0.1, 0.15) is 0 Å². The molecule has 3 heteroatoms. The second-order valence-corrected chi connectivity index (χ2v) is 3.78. The minimum Gasteiger partial charge on any atom is -0.395 e. The summed E-state index contributed by atoms with van der Waals surface area (Å²) in [6.07, 6.45) is 6.28. The molecule has 0 spiro atoms. The summed E-state index contributed by atoms with van der Waals surface area (Å²) in [5, 5.41) is 12.1. The molecule has 1 atom stereocenters. The van der Waals surface area contributed by atoms with Gasteiger partial charge in [-0.15, -0.1) is 0 Å². The highest BCUT2D eigenvalue weighted by Gasteiger charge is 2.31. The molecule has 2 N–H and O–H groups in total. The first kappa shape index (κ1) is 9.62. The van der Waals surface area contributed by atoms with Gasteiger partial charge in [0.2, 0.25) is 0 Å². The lowest BCUT2D eigenvalue weighted by atomic mass is 10.0. The zero-order valence-electron chi connectivity index (χ0n) is 8.19. The van der Waals surface area contributed by atoms with E-state index in [0.717, 1.165) is 5.92 Å². The van der Waals surface area contributed by atoms with Gasteiger partial charge < -0.3 is 10.4 Å². The van der Waals surface area contributed by atoms with Crippen molar-refractivity contribution in [2.75, 3.05) is 13.2 Å². The molecule has 3 nitrogen and oxygen atoms in total. The second kappa shape index (κ2) is 4.53. The molecule has 2 rings (SSSR count). The van der Waals surface area contributed by atoms with Gasteiger partial charge in [0, 0.05) is 25.0 Å². The molecule has 1 unspecified atom stereocenters. The van der Waals surface area contributed by atoms with Gasteiger partial charge >= 0.3 is 0 Å². The van der Waals surface area contributed by atoms with Crippen LogP contribution in [-0.4, -0.2) is 23.2 Å². The molecule has 76 valence electrons. The Hall–Kier alpha value is -0.930. The van der Waals surface area contributed by atoms with Gasteiger partial charge in [0.25, 0.3) is 0 Å². The Morgan fingerprint density at radius 3 is 3.00 bits per heavy atom. The Kier molecular flexibility index (Phi) is 3.11. The molecule has 1 saturated carbocycles. The molecule has 1 fully saturated rings. The average Bonchev–Trinajstić information content (AvgIpc) is 3.04. The van der Waals surface area contributed by atoms with Crippen LogP contribution in [0.3, 0.4) is 0 Å². The molecule has 14 heavy (non-hydrogen) atoms. The van der Waals surface area contributed by atoms with Crippen LogP contribution in [0, 0.1) is 5.92 Å². The van der Waals surface area contributed by atoms with Crippen molar-refractivity contribution in [2.45, 2.75) is 18.9 Å². The van der Waals surface area contributed by atoms with Crippen LogP contribution < -0.4 is 5.32 Å².